The van der Waals surface area contributed by atoms with E-state index in [4.69, 9.17) is 10.00 Å². The molecule has 1 unspecified atom stereocenters. The van der Waals surface area contributed by atoms with Gasteiger partial charge in [0.1, 0.15) is 0 Å². The van der Waals surface area contributed by atoms with Crippen LogP contribution in [0.5, 0.6) is 0 Å². The van der Waals surface area contributed by atoms with Gasteiger partial charge in [0.25, 0.3) is 0 Å². The van der Waals surface area contributed by atoms with Crippen LogP contribution in [0.4, 0.5) is 0 Å². The lowest BCUT2D eigenvalue weighted by atomic mass is 9.85. The fourth-order valence-electron chi connectivity index (χ4n) is 1.57. The van der Waals surface area contributed by atoms with Crippen molar-refractivity contribution in [2.24, 2.45) is 5.41 Å². The molecule has 0 spiro atoms. The van der Waals surface area contributed by atoms with Crippen molar-refractivity contribution in [1.82, 2.24) is 4.98 Å². The minimum atomic E-state index is -1.14. The van der Waals surface area contributed by atoms with Crippen LogP contribution in [0.15, 0.2) is 18.3 Å². The zero-order valence-corrected chi connectivity index (χ0v) is 10.4. The number of hydrogen-bond donors (Lipinski definition) is 0. The van der Waals surface area contributed by atoms with Crippen LogP contribution in [0.3, 0.4) is 0 Å². The molecule has 0 bridgehead atoms. The van der Waals surface area contributed by atoms with E-state index in [1.54, 1.807) is 20.0 Å². The molecule has 0 aromatic carbocycles. The third kappa shape index (κ3) is 3.28. The number of aromatic nitrogens is 1. The normalized spacial score (nSPS) is 13.5. The van der Waals surface area contributed by atoms with Gasteiger partial charge in [-0.1, -0.05) is 0 Å². The number of esters is 1. The fraction of sp³-hybridized carbons (Fsp3) is 0.462. The molecule has 17 heavy (non-hydrogen) atoms. The number of pyridine rings is 1. The van der Waals surface area contributed by atoms with Gasteiger partial charge in [0, 0.05) is 18.3 Å². The number of nitriles is 1. The average molecular weight is 232 g/mol. The maximum Gasteiger partial charge on any atom is 0.326 e. The Morgan fingerprint density at radius 2 is 2.35 bits per heavy atom. The third-order valence-corrected chi connectivity index (χ3v) is 2.49. The van der Waals surface area contributed by atoms with Crippen molar-refractivity contribution in [2.45, 2.75) is 27.2 Å². The number of carbonyl (C=O) groups is 1. The summed E-state index contributed by atoms with van der Waals surface area (Å²) < 4.78 is 4.92. The van der Waals surface area contributed by atoms with Gasteiger partial charge in [0.05, 0.1) is 12.7 Å². The first-order valence-corrected chi connectivity index (χ1v) is 5.52. The zero-order chi connectivity index (χ0) is 12.9. The molecule has 0 fully saturated rings. The molecule has 4 heteroatoms. The van der Waals surface area contributed by atoms with E-state index in [2.05, 4.69) is 4.98 Å². The highest BCUT2D eigenvalue weighted by atomic mass is 16.5. The molecular formula is C13H16N2O2. The molecule has 1 aromatic heterocycles. The number of nitrogens with zero attached hydrogens (tertiary/aromatic N) is 2. The third-order valence-electron chi connectivity index (χ3n) is 2.49. The molecule has 1 rings (SSSR count). The molecule has 1 heterocycles. The van der Waals surface area contributed by atoms with Crippen LogP contribution in [-0.4, -0.2) is 17.6 Å². The van der Waals surface area contributed by atoms with Gasteiger partial charge in [-0.2, -0.15) is 5.26 Å². The molecule has 1 atom stereocenters. The van der Waals surface area contributed by atoms with Gasteiger partial charge in [-0.25, -0.2) is 0 Å². The van der Waals surface area contributed by atoms with Crippen molar-refractivity contribution in [3.05, 3.63) is 29.6 Å². The minimum Gasteiger partial charge on any atom is -0.465 e. The van der Waals surface area contributed by atoms with Gasteiger partial charge in [0.15, 0.2) is 5.41 Å². The van der Waals surface area contributed by atoms with E-state index in [9.17, 15) is 4.79 Å². The Morgan fingerprint density at radius 1 is 1.65 bits per heavy atom. The number of hydrogen-bond acceptors (Lipinski definition) is 4. The molecule has 0 aliphatic heterocycles. The summed E-state index contributed by atoms with van der Waals surface area (Å²) >= 11 is 0. The maximum absolute atomic E-state index is 11.7. The maximum atomic E-state index is 11.7. The van der Waals surface area contributed by atoms with Gasteiger partial charge in [-0.3, -0.25) is 9.78 Å². The van der Waals surface area contributed by atoms with E-state index in [1.165, 1.54) is 0 Å². The van der Waals surface area contributed by atoms with Crippen LogP contribution in [0, 0.1) is 23.7 Å². The van der Waals surface area contributed by atoms with Crippen molar-refractivity contribution in [3.63, 3.8) is 0 Å². The highest BCUT2D eigenvalue weighted by Crippen LogP contribution is 2.23. The largest absolute Gasteiger partial charge is 0.465 e. The Hall–Kier alpha value is -1.89. The minimum absolute atomic E-state index is 0.283. The highest BCUT2D eigenvalue weighted by Gasteiger charge is 2.35. The first-order valence-electron chi connectivity index (χ1n) is 5.52. The summed E-state index contributed by atoms with van der Waals surface area (Å²) in [7, 11) is 0. The van der Waals surface area contributed by atoms with Gasteiger partial charge in [-0.15, -0.1) is 0 Å². The van der Waals surface area contributed by atoms with Crippen molar-refractivity contribution >= 4 is 5.97 Å². The van der Waals surface area contributed by atoms with E-state index in [-0.39, 0.29) is 6.61 Å². The van der Waals surface area contributed by atoms with Crippen LogP contribution in [0.1, 0.15) is 25.1 Å². The summed E-state index contributed by atoms with van der Waals surface area (Å²) in [6.45, 7) is 5.48. The van der Waals surface area contributed by atoms with Gasteiger partial charge in [-0.05, 0) is 38.5 Å². The number of aryl methyl sites for hydroxylation is 1. The average Bonchev–Trinajstić information content (AvgIpc) is 2.29. The number of carbonyl (C=O) groups excluding carboxylic acids is 1. The number of ether oxygens (including phenoxy) is 1. The van der Waals surface area contributed by atoms with E-state index < -0.39 is 11.4 Å². The number of rotatable bonds is 4. The van der Waals surface area contributed by atoms with Crippen molar-refractivity contribution < 1.29 is 9.53 Å². The van der Waals surface area contributed by atoms with Crippen LogP contribution >= 0.6 is 0 Å². The Labute approximate surface area is 101 Å². The Balaban J connectivity index is 2.90. The molecule has 4 nitrogen and oxygen atoms in total. The van der Waals surface area contributed by atoms with Crippen molar-refractivity contribution in [1.29, 1.82) is 5.26 Å². The molecule has 0 radical (unpaired) electrons. The SMILES string of the molecule is CCOC(=O)C(C)(C#N)Cc1ccnc(C)c1. The van der Waals surface area contributed by atoms with Gasteiger partial charge < -0.3 is 4.74 Å². The standard InChI is InChI=1S/C13H16N2O2/c1-4-17-12(16)13(3,9-14)8-11-5-6-15-10(2)7-11/h5-7H,4,8H2,1-3H3. The van der Waals surface area contributed by atoms with Crippen LogP contribution in [0.2, 0.25) is 0 Å². The van der Waals surface area contributed by atoms with Crippen molar-refractivity contribution in [3.8, 4) is 6.07 Å². The van der Waals surface area contributed by atoms with Crippen LogP contribution in [-0.2, 0) is 16.0 Å². The molecule has 0 N–H and O–H groups in total. The summed E-state index contributed by atoms with van der Waals surface area (Å²) in [5.74, 6) is -0.475. The molecule has 0 aliphatic carbocycles. The second kappa shape index (κ2) is 5.44. The van der Waals surface area contributed by atoms with Crippen molar-refractivity contribution in [2.75, 3.05) is 6.61 Å². The van der Waals surface area contributed by atoms with Crippen LogP contribution in [0.25, 0.3) is 0 Å². The summed E-state index contributed by atoms with van der Waals surface area (Å²) in [6.07, 6.45) is 2.01. The summed E-state index contributed by atoms with van der Waals surface area (Å²) in [6, 6.07) is 5.71. The first-order chi connectivity index (χ1) is 8.01. The second-order valence-electron chi connectivity index (χ2n) is 4.15. The van der Waals surface area contributed by atoms with E-state index in [0.29, 0.717) is 6.42 Å². The Morgan fingerprint density at radius 3 is 2.88 bits per heavy atom. The zero-order valence-electron chi connectivity index (χ0n) is 10.4. The predicted octanol–water partition coefficient (Wildman–Crippen LogP) is 2.03. The fourth-order valence-corrected chi connectivity index (χ4v) is 1.57. The van der Waals surface area contributed by atoms with Gasteiger partial charge in [0.2, 0.25) is 0 Å². The van der Waals surface area contributed by atoms with E-state index in [1.807, 2.05) is 25.1 Å². The summed E-state index contributed by atoms with van der Waals surface area (Å²) in [5.41, 5.74) is 0.644. The smallest absolute Gasteiger partial charge is 0.326 e. The topological polar surface area (TPSA) is 63.0 Å². The second-order valence-corrected chi connectivity index (χ2v) is 4.15. The first kappa shape index (κ1) is 13.2. The Bertz CT molecular complexity index is 451. The molecule has 0 saturated carbocycles. The molecule has 1 aromatic rings. The van der Waals surface area contributed by atoms with Crippen LogP contribution < -0.4 is 0 Å². The van der Waals surface area contributed by atoms with Gasteiger partial charge >= 0.3 is 5.97 Å². The molecule has 90 valence electrons. The molecule has 0 saturated heterocycles. The predicted molar refractivity (Wildman–Crippen MR) is 63.0 cm³/mol. The van der Waals surface area contributed by atoms with E-state index >= 15 is 0 Å². The lowest BCUT2D eigenvalue weighted by Crippen LogP contribution is -2.30. The highest BCUT2D eigenvalue weighted by molar-refractivity contribution is 5.79. The molecule has 0 amide bonds. The monoisotopic (exact) mass is 232 g/mol. The Kier molecular flexibility index (Phi) is 4.22. The van der Waals surface area contributed by atoms with E-state index in [0.717, 1.165) is 11.3 Å². The quantitative estimate of drug-likeness (QED) is 0.745. The summed E-state index contributed by atoms with van der Waals surface area (Å²) in [5, 5.41) is 9.15. The summed E-state index contributed by atoms with van der Waals surface area (Å²) in [4.78, 5) is 15.8. The molecule has 0 aliphatic rings. The lowest BCUT2D eigenvalue weighted by molar-refractivity contribution is -0.151. The lowest BCUT2D eigenvalue weighted by Gasteiger charge is -2.19. The molecular weight excluding hydrogens is 216 g/mol.